The molecular weight excluding hydrogens is 358 g/mol. The van der Waals surface area contributed by atoms with E-state index in [0.717, 1.165) is 42.1 Å². The van der Waals surface area contributed by atoms with E-state index >= 15 is 0 Å². The molecule has 2 heterocycles. The molecule has 7 nitrogen and oxygen atoms in total. The summed E-state index contributed by atoms with van der Waals surface area (Å²) in [7, 11) is 0. The molecule has 2 aromatic rings. The van der Waals surface area contributed by atoms with Crippen molar-refractivity contribution in [1.29, 1.82) is 0 Å². The molecule has 0 bridgehead atoms. The predicted octanol–water partition coefficient (Wildman–Crippen LogP) is 2.02. The minimum Gasteiger partial charge on any atom is -0.361 e. The van der Waals surface area contributed by atoms with Gasteiger partial charge < -0.3 is 25.1 Å². The van der Waals surface area contributed by atoms with Crippen LogP contribution in [0.4, 0.5) is 0 Å². The number of carbonyl (C=O) groups excluding carboxylic acids is 2. The van der Waals surface area contributed by atoms with Gasteiger partial charge in [0, 0.05) is 43.0 Å². The van der Waals surface area contributed by atoms with Crippen LogP contribution in [0.1, 0.15) is 37.7 Å². The molecule has 3 N–H and O–H groups in total. The quantitative estimate of drug-likeness (QED) is 0.687. The zero-order chi connectivity index (χ0) is 19.4. The lowest BCUT2D eigenvalue weighted by Gasteiger charge is -2.31. The zero-order valence-corrected chi connectivity index (χ0v) is 16.0. The summed E-state index contributed by atoms with van der Waals surface area (Å²) in [6.45, 7) is 1.15. The number of nitrogens with one attached hydrogen (secondary N) is 3. The maximum Gasteiger partial charge on any atom is 0.309 e. The molecule has 1 saturated carbocycles. The van der Waals surface area contributed by atoms with Gasteiger partial charge in [-0.15, -0.1) is 0 Å². The van der Waals surface area contributed by atoms with Crippen molar-refractivity contribution in [3.8, 4) is 0 Å². The number of carbonyl (C=O) groups is 2. The minimum atomic E-state index is -0.632. The van der Waals surface area contributed by atoms with Gasteiger partial charge in [-0.3, -0.25) is 9.59 Å². The Morgan fingerprint density at radius 3 is 2.75 bits per heavy atom. The Balaban J connectivity index is 1.18. The number of aromatic amines is 1. The molecule has 2 amide bonds. The summed E-state index contributed by atoms with van der Waals surface area (Å²) in [6.07, 6.45) is 7.66. The third-order valence-electron chi connectivity index (χ3n) is 5.58. The zero-order valence-electron chi connectivity index (χ0n) is 16.0. The summed E-state index contributed by atoms with van der Waals surface area (Å²) in [5.41, 5.74) is 2.18. The van der Waals surface area contributed by atoms with E-state index in [1.165, 1.54) is 6.42 Å². The third-order valence-corrected chi connectivity index (χ3v) is 5.58. The average Bonchev–Trinajstić information content (AvgIpc) is 3.31. The van der Waals surface area contributed by atoms with Crippen LogP contribution < -0.4 is 10.6 Å². The van der Waals surface area contributed by atoms with Crippen LogP contribution in [0.2, 0.25) is 0 Å². The van der Waals surface area contributed by atoms with Crippen LogP contribution in [0, 0.1) is 0 Å². The number of ether oxygens (including phenoxy) is 2. The maximum absolute atomic E-state index is 12.0. The van der Waals surface area contributed by atoms with Crippen LogP contribution in [0.3, 0.4) is 0 Å². The van der Waals surface area contributed by atoms with E-state index in [0.29, 0.717) is 19.6 Å². The Morgan fingerprint density at radius 1 is 1.11 bits per heavy atom. The molecule has 1 aromatic heterocycles. The van der Waals surface area contributed by atoms with Gasteiger partial charge in [0.1, 0.15) is 6.10 Å². The van der Waals surface area contributed by atoms with Gasteiger partial charge in [0.25, 0.3) is 0 Å². The fourth-order valence-corrected chi connectivity index (χ4v) is 4.09. The first kappa shape index (κ1) is 19.0. The number of amides is 2. The highest BCUT2D eigenvalue weighted by Gasteiger charge is 2.42. The summed E-state index contributed by atoms with van der Waals surface area (Å²) in [6, 6.07) is 8.01. The molecule has 1 aliphatic carbocycles. The highest BCUT2D eigenvalue weighted by atomic mass is 16.7. The Labute approximate surface area is 164 Å². The standard InChI is InChI=1S/C21H27N3O4/c25-19(22-11-8-15-12-23-18-7-3-2-6-17(15)18)20(26)24-13-16-14-27-21(28-16)9-4-1-5-10-21/h2-3,6-7,12,16,23H,1,4-5,8-11,13-14H2,(H,22,25)(H,24,26)/t16-/m1/s1. The fourth-order valence-electron chi connectivity index (χ4n) is 4.09. The van der Waals surface area contributed by atoms with Crippen molar-refractivity contribution in [3.05, 3.63) is 36.0 Å². The van der Waals surface area contributed by atoms with Crippen molar-refractivity contribution in [2.75, 3.05) is 19.7 Å². The molecule has 150 valence electrons. The second-order valence-corrected chi connectivity index (χ2v) is 7.60. The fraction of sp³-hybridized carbons (Fsp3) is 0.524. The van der Waals surface area contributed by atoms with Crippen LogP contribution in [-0.4, -0.2) is 48.4 Å². The lowest BCUT2D eigenvalue weighted by molar-refractivity contribution is -0.186. The molecule has 0 unspecified atom stereocenters. The first-order valence-corrected chi connectivity index (χ1v) is 10.1. The third kappa shape index (κ3) is 4.20. The molecule has 1 aliphatic heterocycles. The van der Waals surface area contributed by atoms with Crippen molar-refractivity contribution in [2.24, 2.45) is 0 Å². The number of rotatable bonds is 5. The topological polar surface area (TPSA) is 92.5 Å². The van der Waals surface area contributed by atoms with Gasteiger partial charge in [-0.2, -0.15) is 0 Å². The van der Waals surface area contributed by atoms with E-state index in [2.05, 4.69) is 15.6 Å². The van der Waals surface area contributed by atoms with E-state index in [1.54, 1.807) is 0 Å². The van der Waals surface area contributed by atoms with Gasteiger partial charge in [-0.25, -0.2) is 0 Å². The van der Waals surface area contributed by atoms with Gasteiger partial charge in [-0.05, 0) is 30.9 Å². The van der Waals surface area contributed by atoms with E-state index in [4.69, 9.17) is 9.47 Å². The van der Waals surface area contributed by atoms with Crippen molar-refractivity contribution in [3.63, 3.8) is 0 Å². The van der Waals surface area contributed by atoms with Crippen molar-refractivity contribution >= 4 is 22.7 Å². The molecule has 1 spiro atoms. The number of fused-ring (bicyclic) bond motifs is 1. The Bertz CT molecular complexity index is 841. The van der Waals surface area contributed by atoms with Gasteiger partial charge >= 0.3 is 11.8 Å². The molecule has 28 heavy (non-hydrogen) atoms. The summed E-state index contributed by atoms with van der Waals surface area (Å²) in [5.74, 6) is -1.71. The summed E-state index contributed by atoms with van der Waals surface area (Å²) >= 11 is 0. The molecule has 2 fully saturated rings. The van der Waals surface area contributed by atoms with Gasteiger partial charge in [0.05, 0.1) is 6.61 Å². The Hall–Kier alpha value is -2.38. The molecule has 7 heteroatoms. The average molecular weight is 385 g/mol. The molecule has 1 aromatic carbocycles. The maximum atomic E-state index is 12.0. The number of para-hydroxylation sites is 1. The van der Waals surface area contributed by atoms with E-state index in [-0.39, 0.29) is 12.6 Å². The lowest BCUT2D eigenvalue weighted by atomic mass is 9.94. The van der Waals surface area contributed by atoms with E-state index in [9.17, 15) is 9.59 Å². The van der Waals surface area contributed by atoms with Crippen molar-refractivity contribution in [2.45, 2.75) is 50.4 Å². The molecule has 0 radical (unpaired) electrons. The largest absolute Gasteiger partial charge is 0.361 e. The summed E-state index contributed by atoms with van der Waals surface area (Å²) in [4.78, 5) is 27.3. The number of H-pyrrole nitrogens is 1. The number of hydrogen-bond acceptors (Lipinski definition) is 4. The summed E-state index contributed by atoms with van der Waals surface area (Å²) < 4.78 is 11.9. The molecule has 4 rings (SSSR count). The first-order valence-electron chi connectivity index (χ1n) is 10.1. The predicted molar refractivity (Wildman–Crippen MR) is 105 cm³/mol. The van der Waals surface area contributed by atoms with Gasteiger partial charge in [0.15, 0.2) is 5.79 Å². The van der Waals surface area contributed by atoms with Crippen LogP contribution in [-0.2, 0) is 25.5 Å². The highest BCUT2D eigenvalue weighted by Crippen LogP contribution is 2.37. The number of aromatic nitrogens is 1. The Kier molecular flexibility index (Phi) is 5.64. The Morgan fingerprint density at radius 2 is 1.89 bits per heavy atom. The van der Waals surface area contributed by atoms with Crippen molar-refractivity contribution < 1.29 is 19.1 Å². The second kappa shape index (κ2) is 8.32. The molecule has 1 atom stereocenters. The minimum absolute atomic E-state index is 0.193. The van der Waals surface area contributed by atoms with Crippen molar-refractivity contribution in [1.82, 2.24) is 15.6 Å². The van der Waals surface area contributed by atoms with E-state index in [1.807, 2.05) is 30.5 Å². The van der Waals surface area contributed by atoms with Crippen LogP contribution in [0.5, 0.6) is 0 Å². The number of hydrogen-bond donors (Lipinski definition) is 3. The second-order valence-electron chi connectivity index (χ2n) is 7.60. The normalized spacial score (nSPS) is 21.1. The van der Waals surface area contributed by atoms with Crippen LogP contribution >= 0.6 is 0 Å². The van der Waals surface area contributed by atoms with Crippen LogP contribution in [0.25, 0.3) is 10.9 Å². The lowest BCUT2D eigenvalue weighted by Crippen LogP contribution is -2.44. The summed E-state index contributed by atoms with van der Waals surface area (Å²) in [5, 5.41) is 6.47. The van der Waals surface area contributed by atoms with Gasteiger partial charge in [0.2, 0.25) is 0 Å². The van der Waals surface area contributed by atoms with Gasteiger partial charge in [-0.1, -0.05) is 24.6 Å². The molecule has 2 aliphatic rings. The highest BCUT2D eigenvalue weighted by molar-refractivity contribution is 6.35. The number of benzene rings is 1. The molecular formula is C21H27N3O4. The first-order chi connectivity index (χ1) is 13.7. The SMILES string of the molecule is O=C(NCCc1c[nH]c2ccccc12)C(=O)NC[C@@H]1COC2(CCCCC2)O1. The smallest absolute Gasteiger partial charge is 0.309 e. The monoisotopic (exact) mass is 385 g/mol. The van der Waals surface area contributed by atoms with Crippen LogP contribution in [0.15, 0.2) is 30.5 Å². The van der Waals surface area contributed by atoms with E-state index < -0.39 is 17.6 Å². The molecule has 1 saturated heterocycles.